The van der Waals surface area contributed by atoms with Crippen molar-refractivity contribution < 1.29 is 0 Å². The highest BCUT2D eigenvalue weighted by Gasteiger charge is 2.21. The number of hydrogen-bond donors (Lipinski definition) is 2. The predicted octanol–water partition coefficient (Wildman–Crippen LogP) is 5.31. The molecule has 0 aliphatic carbocycles. The molecule has 1 aliphatic heterocycles. The molecule has 3 aromatic rings. The van der Waals surface area contributed by atoms with Crippen LogP contribution >= 0.6 is 0 Å². The molecule has 1 aromatic carbocycles. The van der Waals surface area contributed by atoms with Gasteiger partial charge in [-0.3, -0.25) is 5.41 Å². The lowest BCUT2D eigenvalue weighted by atomic mass is 9.92. The largest absolute Gasteiger partial charge is 0.357 e. The molecular weight excluding hydrogens is 394 g/mol. The average Bonchev–Trinajstić information content (AvgIpc) is 3.25. The summed E-state index contributed by atoms with van der Waals surface area (Å²) in [6, 6.07) is 12.6. The number of piperidine rings is 1. The van der Waals surface area contributed by atoms with Gasteiger partial charge in [-0.1, -0.05) is 50.3 Å². The maximum Gasteiger partial charge on any atom is 0.136 e. The van der Waals surface area contributed by atoms with Gasteiger partial charge in [-0.2, -0.15) is 0 Å². The second kappa shape index (κ2) is 9.70. The Morgan fingerprint density at radius 2 is 1.81 bits per heavy atom. The lowest BCUT2D eigenvalue weighted by molar-refractivity contribution is 0.270. The van der Waals surface area contributed by atoms with E-state index in [9.17, 15) is 0 Å². The number of rotatable bonds is 6. The molecular formula is C27H35N5. The summed E-state index contributed by atoms with van der Waals surface area (Å²) >= 11 is 0. The van der Waals surface area contributed by atoms with Gasteiger partial charge in [0.25, 0.3) is 0 Å². The number of allylic oxidation sites excluding steroid dienone is 2. The van der Waals surface area contributed by atoms with E-state index in [4.69, 9.17) is 11.1 Å². The van der Waals surface area contributed by atoms with Crippen molar-refractivity contribution in [3.63, 3.8) is 0 Å². The van der Waals surface area contributed by atoms with Crippen LogP contribution in [0.4, 0.5) is 0 Å². The molecule has 1 fully saturated rings. The third-order valence-corrected chi connectivity index (χ3v) is 6.75. The number of nitrogens with two attached hydrogens (primary N) is 1. The van der Waals surface area contributed by atoms with Crippen molar-refractivity contribution in [3.05, 3.63) is 72.2 Å². The molecule has 1 unspecified atom stereocenters. The van der Waals surface area contributed by atoms with E-state index in [-0.39, 0.29) is 0 Å². The van der Waals surface area contributed by atoms with E-state index in [0.717, 1.165) is 54.8 Å². The van der Waals surface area contributed by atoms with Gasteiger partial charge in [0.1, 0.15) is 11.5 Å². The molecule has 3 N–H and O–H groups in total. The van der Waals surface area contributed by atoms with Crippen LogP contribution in [-0.2, 0) is 0 Å². The Morgan fingerprint density at radius 3 is 2.44 bits per heavy atom. The lowest BCUT2D eigenvalue weighted by Crippen LogP contribution is -2.40. The Kier molecular flexibility index (Phi) is 6.75. The summed E-state index contributed by atoms with van der Waals surface area (Å²) in [4.78, 5) is 6.81. The minimum Gasteiger partial charge on any atom is -0.357 e. The van der Waals surface area contributed by atoms with Crippen molar-refractivity contribution in [2.24, 2.45) is 17.6 Å². The molecule has 0 spiro atoms. The standard InChI is InChI=1S/C27H35N5/c1-4-5-24(19(2)3)25-17-30-26-11-10-23(18-32(25)26)21-6-8-22(9-7-21)27(29)31-14-12-20(16-28)13-15-31/h4-11,17-20,24,29H,12-16,28H2,1-3H3. The number of hydrogen-bond acceptors (Lipinski definition) is 3. The van der Waals surface area contributed by atoms with Gasteiger partial charge in [-0.05, 0) is 61.4 Å². The van der Waals surface area contributed by atoms with Gasteiger partial charge in [0, 0.05) is 42.7 Å². The van der Waals surface area contributed by atoms with Crippen LogP contribution in [0, 0.1) is 17.2 Å². The summed E-state index contributed by atoms with van der Waals surface area (Å²) in [5, 5.41) is 8.64. The molecule has 5 heteroatoms. The Bertz CT molecular complexity index is 1080. The fourth-order valence-electron chi connectivity index (χ4n) is 4.68. The van der Waals surface area contributed by atoms with Crippen molar-refractivity contribution in [1.82, 2.24) is 14.3 Å². The van der Waals surface area contributed by atoms with E-state index in [1.807, 2.05) is 6.20 Å². The number of likely N-dealkylation sites (tertiary alicyclic amines) is 1. The number of nitrogens with one attached hydrogen (secondary N) is 1. The van der Waals surface area contributed by atoms with Crippen LogP contribution in [0.15, 0.2) is 60.9 Å². The molecule has 2 aromatic heterocycles. The molecule has 0 amide bonds. The lowest BCUT2D eigenvalue weighted by Gasteiger charge is -2.33. The molecule has 3 heterocycles. The van der Waals surface area contributed by atoms with Crippen molar-refractivity contribution in [2.75, 3.05) is 19.6 Å². The van der Waals surface area contributed by atoms with Crippen LogP contribution in [-0.4, -0.2) is 39.8 Å². The summed E-state index contributed by atoms with van der Waals surface area (Å²) in [6.45, 7) is 9.17. The zero-order chi connectivity index (χ0) is 22.7. The van der Waals surface area contributed by atoms with Gasteiger partial charge in [0.05, 0.1) is 0 Å². The quantitative estimate of drug-likeness (QED) is 0.317. The number of amidine groups is 1. The normalized spacial score (nSPS) is 16.3. The number of benzene rings is 1. The zero-order valence-electron chi connectivity index (χ0n) is 19.5. The van der Waals surface area contributed by atoms with Gasteiger partial charge < -0.3 is 15.0 Å². The van der Waals surface area contributed by atoms with Gasteiger partial charge in [-0.15, -0.1) is 0 Å². The summed E-state index contributed by atoms with van der Waals surface area (Å²) in [6.07, 6.45) is 10.7. The van der Waals surface area contributed by atoms with Crippen LogP contribution in [0.25, 0.3) is 16.8 Å². The van der Waals surface area contributed by atoms with E-state index in [0.29, 0.717) is 23.6 Å². The molecule has 1 saturated heterocycles. The van der Waals surface area contributed by atoms with Crippen molar-refractivity contribution in [2.45, 2.75) is 39.5 Å². The number of imidazole rings is 1. The second-order valence-corrected chi connectivity index (χ2v) is 9.22. The molecule has 0 bridgehead atoms. The monoisotopic (exact) mass is 429 g/mol. The van der Waals surface area contributed by atoms with Crippen LogP contribution in [0.1, 0.15) is 50.8 Å². The highest BCUT2D eigenvalue weighted by atomic mass is 15.2. The fraction of sp³-hybridized carbons (Fsp3) is 0.407. The first-order valence-electron chi connectivity index (χ1n) is 11.8. The number of aromatic nitrogens is 2. The van der Waals surface area contributed by atoms with E-state index in [2.05, 4.69) is 89.8 Å². The van der Waals surface area contributed by atoms with Gasteiger partial charge in [0.2, 0.25) is 0 Å². The van der Waals surface area contributed by atoms with Gasteiger partial charge in [-0.25, -0.2) is 4.98 Å². The maximum atomic E-state index is 8.64. The first-order chi connectivity index (χ1) is 15.5. The smallest absolute Gasteiger partial charge is 0.136 e. The molecule has 5 nitrogen and oxygen atoms in total. The number of fused-ring (bicyclic) bond motifs is 1. The predicted molar refractivity (Wildman–Crippen MR) is 133 cm³/mol. The highest BCUT2D eigenvalue weighted by Crippen LogP contribution is 2.29. The maximum absolute atomic E-state index is 8.64. The molecule has 32 heavy (non-hydrogen) atoms. The van der Waals surface area contributed by atoms with E-state index < -0.39 is 0 Å². The molecule has 4 rings (SSSR count). The van der Waals surface area contributed by atoms with Crippen molar-refractivity contribution in [3.8, 4) is 11.1 Å². The molecule has 0 radical (unpaired) electrons. The zero-order valence-corrected chi connectivity index (χ0v) is 19.5. The SMILES string of the molecule is CC=CC(c1cnc2ccc(-c3ccc(C(=N)N4CCC(CN)CC4)cc3)cn12)C(C)C. The van der Waals surface area contributed by atoms with E-state index in [1.54, 1.807) is 0 Å². The fourth-order valence-corrected chi connectivity index (χ4v) is 4.68. The minimum atomic E-state index is 0.330. The summed E-state index contributed by atoms with van der Waals surface area (Å²) in [7, 11) is 0. The summed E-state index contributed by atoms with van der Waals surface area (Å²) in [5.74, 6) is 2.05. The summed E-state index contributed by atoms with van der Waals surface area (Å²) < 4.78 is 2.22. The highest BCUT2D eigenvalue weighted by molar-refractivity contribution is 5.96. The first kappa shape index (κ1) is 22.3. The molecule has 1 aliphatic rings. The topological polar surface area (TPSA) is 70.4 Å². The first-order valence-corrected chi connectivity index (χ1v) is 11.8. The van der Waals surface area contributed by atoms with Crippen LogP contribution in [0.5, 0.6) is 0 Å². The number of pyridine rings is 1. The Morgan fingerprint density at radius 1 is 1.12 bits per heavy atom. The van der Waals surface area contributed by atoms with E-state index >= 15 is 0 Å². The number of nitrogens with zero attached hydrogens (tertiary/aromatic N) is 3. The Hall–Kier alpha value is -2.92. The van der Waals surface area contributed by atoms with Crippen LogP contribution in [0.2, 0.25) is 0 Å². The third-order valence-electron chi connectivity index (χ3n) is 6.75. The van der Waals surface area contributed by atoms with Crippen LogP contribution in [0.3, 0.4) is 0 Å². The van der Waals surface area contributed by atoms with E-state index in [1.165, 1.54) is 5.69 Å². The van der Waals surface area contributed by atoms with Gasteiger partial charge >= 0.3 is 0 Å². The molecule has 1 atom stereocenters. The Labute approximate surface area is 191 Å². The molecule has 168 valence electrons. The molecule has 0 saturated carbocycles. The average molecular weight is 430 g/mol. The van der Waals surface area contributed by atoms with Crippen LogP contribution < -0.4 is 5.73 Å². The van der Waals surface area contributed by atoms with Crippen molar-refractivity contribution >= 4 is 11.5 Å². The van der Waals surface area contributed by atoms with Crippen molar-refractivity contribution in [1.29, 1.82) is 5.41 Å². The second-order valence-electron chi connectivity index (χ2n) is 9.22. The van der Waals surface area contributed by atoms with Gasteiger partial charge in [0.15, 0.2) is 0 Å². The minimum absolute atomic E-state index is 0.330. The Balaban J connectivity index is 1.57. The third kappa shape index (κ3) is 4.49. The summed E-state index contributed by atoms with van der Waals surface area (Å²) in [5.41, 5.74) is 11.3.